The minimum atomic E-state index is -5.29. The molecule has 1 spiro atoms. The fraction of sp³-hybridized carbons (Fsp3) is 0.619. The molecule has 2 aliphatic heterocycles. The molecule has 0 amide bonds. The molecule has 1 saturated heterocycles. The van der Waals surface area contributed by atoms with Crippen LogP contribution in [0.3, 0.4) is 0 Å². The minimum Gasteiger partial charge on any atom is -0.633 e. The van der Waals surface area contributed by atoms with Crippen LogP contribution in [-0.2, 0) is 21.4 Å². The van der Waals surface area contributed by atoms with Crippen LogP contribution in [0.5, 0.6) is 11.5 Å². The lowest BCUT2D eigenvalue weighted by Crippen LogP contribution is -2.80. The van der Waals surface area contributed by atoms with Gasteiger partial charge in [0.1, 0.15) is 11.6 Å². The van der Waals surface area contributed by atoms with Crippen molar-refractivity contribution in [1.82, 2.24) is 0 Å². The first-order chi connectivity index (χ1) is 15.6. The number of ether oxygens (including phenoxy) is 2. The van der Waals surface area contributed by atoms with Crippen molar-refractivity contribution in [2.75, 3.05) is 13.1 Å². The Bertz CT molecular complexity index is 1090. The van der Waals surface area contributed by atoms with Gasteiger partial charge in [0.25, 0.3) is 0 Å². The van der Waals surface area contributed by atoms with Crippen molar-refractivity contribution in [2.45, 2.75) is 67.6 Å². The fourth-order valence-corrected chi connectivity index (χ4v) is 6.39. The maximum absolute atomic E-state index is 13.7. The molecule has 5 atom stereocenters. The molecule has 1 aromatic carbocycles. The van der Waals surface area contributed by atoms with E-state index in [9.17, 15) is 46.2 Å². The third-order valence-corrected chi connectivity index (χ3v) is 7.78. The number of Topliss-reactive ketones (excluding diaryl/α,β-unsaturated/α-hetero) is 1. The molecule has 186 valence electrons. The Labute approximate surface area is 188 Å². The Hall–Kier alpha value is -2.38. The van der Waals surface area contributed by atoms with Crippen molar-refractivity contribution < 1.29 is 55.2 Å². The van der Waals surface area contributed by atoms with Crippen LogP contribution in [-0.4, -0.2) is 64.7 Å². The average Bonchev–Trinajstić information content (AvgIpc) is 3.08. The summed E-state index contributed by atoms with van der Waals surface area (Å²) in [5.41, 5.74) is -2.90. The molecule has 1 aromatic rings. The number of likely N-dealkylation sites (tertiary alicyclic amines) is 1. The molecule has 2 unspecified atom stereocenters. The standard InChI is InChI=1S/C21H19F6NO6/c22-20(23,24)6-8-28(32)7-5-18-14-10-1-2-12(33-17(30)21(25,26)27)15(14)34-16(18)11(29)3-4-19(18,31)13(28)9-10/h1-2,13,16,31H,3-9H2/t13-,16?,18+,19-,28?/m1/s1. The van der Waals surface area contributed by atoms with Crippen molar-refractivity contribution in [3.8, 4) is 11.5 Å². The van der Waals surface area contributed by atoms with E-state index in [0.29, 0.717) is 5.56 Å². The molecule has 0 aromatic heterocycles. The van der Waals surface area contributed by atoms with Gasteiger partial charge in [-0.25, -0.2) is 4.79 Å². The molecule has 2 heterocycles. The average molecular weight is 495 g/mol. The molecule has 1 N–H and O–H groups in total. The summed E-state index contributed by atoms with van der Waals surface area (Å²) in [7, 11) is 0. The Morgan fingerprint density at radius 1 is 1.24 bits per heavy atom. The number of carbonyl (C=O) groups excluding carboxylic acids is 2. The summed E-state index contributed by atoms with van der Waals surface area (Å²) >= 11 is 0. The molecular formula is C21H19F6NO6. The highest BCUT2D eigenvalue weighted by molar-refractivity contribution is 5.90. The van der Waals surface area contributed by atoms with Crippen LogP contribution < -0.4 is 9.47 Å². The van der Waals surface area contributed by atoms with Gasteiger partial charge in [0.2, 0.25) is 0 Å². The predicted octanol–water partition coefficient (Wildman–Crippen LogP) is 2.84. The van der Waals surface area contributed by atoms with E-state index in [1.54, 1.807) is 0 Å². The van der Waals surface area contributed by atoms with E-state index in [-0.39, 0.29) is 43.5 Å². The topological polar surface area (TPSA) is 95.9 Å². The van der Waals surface area contributed by atoms with Gasteiger partial charge in [0.15, 0.2) is 23.4 Å². The van der Waals surface area contributed by atoms with E-state index >= 15 is 0 Å². The first-order valence-electron chi connectivity index (χ1n) is 10.6. The van der Waals surface area contributed by atoms with E-state index in [2.05, 4.69) is 4.74 Å². The quantitative estimate of drug-likeness (QED) is 0.228. The number of rotatable bonds is 3. The number of ketones is 1. The maximum Gasteiger partial charge on any atom is 0.491 e. The largest absolute Gasteiger partial charge is 0.633 e. The second-order valence-electron chi connectivity index (χ2n) is 9.41. The molecular weight excluding hydrogens is 476 g/mol. The van der Waals surface area contributed by atoms with Crippen molar-refractivity contribution in [1.29, 1.82) is 0 Å². The van der Waals surface area contributed by atoms with E-state index in [1.807, 2.05) is 0 Å². The van der Waals surface area contributed by atoms with Gasteiger partial charge in [-0.05, 0) is 18.1 Å². The molecule has 2 aliphatic carbocycles. The summed E-state index contributed by atoms with van der Waals surface area (Å²) < 4.78 is 86.0. The van der Waals surface area contributed by atoms with Crippen molar-refractivity contribution in [2.24, 2.45) is 0 Å². The summed E-state index contributed by atoms with van der Waals surface area (Å²) in [6, 6.07) is 1.10. The van der Waals surface area contributed by atoms with E-state index < -0.39 is 70.6 Å². The number of benzene rings is 1. The molecule has 2 fully saturated rings. The number of piperidine rings is 1. The third-order valence-electron chi connectivity index (χ3n) is 7.78. The van der Waals surface area contributed by atoms with Crippen molar-refractivity contribution in [3.05, 3.63) is 28.5 Å². The summed E-state index contributed by atoms with van der Waals surface area (Å²) in [6.45, 7) is -1.16. The molecule has 7 nitrogen and oxygen atoms in total. The van der Waals surface area contributed by atoms with Gasteiger partial charge in [-0.15, -0.1) is 0 Å². The number of nitrogens with zero attached hydrogens (tertiary/aromatic N) is 1. The Morgan fingerprint density at radius 2 is 1.94 bits per heavy atom. The number of carbonyl (C=O) groups is 2. The van der Waals surface area contributed by atoms with Gasteiger partial charge in [0.05, 0.1) is 24.9 Å². The number of hydroxylamine groups is 3. The van der Waals surface area contributed by atoms with E-state index in [4.69, 9.17) is 4.74 Å². The van der Waals surface area contributed by atoms with Crippen LogP contribution in [0.4, 0.5) is 26.3 Å². The lowest BCUT2D eigenvalue weighted by atomic mass is 9.49. The highest BCUT2D eigenvalue weighted by Crippen LogP contribution is 2.66. The zero-order valence-corrected chi connectivity index (χ0v) is 17.5. The zero-order valence-electron chi connectivity index (χ0n) is 17.5. The number of aliphatic hydroxyl groups is 1. The predicted molar refractivity (Wildman–Crippen MR) is 99.6 cm³/mol. The van der Waals surface area contributed by atoms with Gasteiger partial charge < -0.3 is 24.4 Å². The highest BCUT2D eigenvalue weighted by atomic mass is 19.4. The van der Waals surface area contributed by atoms with Gasteiger partial charge in [-0.1, -0.05) is 6.07 Å². The lowest BCUT2D eigenvalue weighted by Gasteiger charge is -2.67. The Kier molecular flexibility index (Phi) is 4.71. The first kappa shape index (κ1) is 23.4. The van der Waals surface area contributed by atoms with Gasteiger partial charge in [-0.2, -0.15) is 26.3 Å². The van der Waals surface area contributed by atoms with Crippen molar-refractivity contribution in [3.63, 3.8) is 0 Å². The molecule has 1 saturated carbocycles. The second kappa shape index (κ2) is 6.85. The summed E-state index contributed by atoms with van der Waals surface area (Å²) in [5.74, 6) is -3.82. The highest BCUT2D eigenvalue weighted by Gasteiger charge is 2.76. The molecule has 4 aliphatic rings. The normalized spacial score (nSPS) is 36.1. The smallest absolute Gasteiger partial charge is 0.491 e. The lowest BCUT2D eigenvalue weighted by molar-refractivity contribution is -0.923. The van der Waals surface area contributed by atoms with Crippen LogP contribution in [0.15, 0.2) is 12.1 Å². The van der Waals surface area contributed by atoms with E-state index in [0.717, 1.165) is 6.07 Å². The molecule has 5 rings (SSSR count). The zero-order chi connectivity index (χ0) is 24.9. The number of hydrogen-bond donors (Lipinski definition) is 1. The monoisotopic (exact) mass is 495 g/mol. The second-order valence-corrected chi connectivity index (χ2v) is 9.41. The number of alkyl halides is 6. The van der Waals surface area contributed by atoms with Gasteiger partial charge in [0, 0.05) is 24.8 Å². The summed E-state index contributed by atoms with van der Waals surface area (Å²) in [4.78, 5) is 24.3. The fourth-order valence-electron chi connectivity index (χ4n) is 6.39. The van der Waals surface area contributed by atoms with Crippen LogP contribution >= 0.6 is 0 Å². The number of halogens is 6. The molecule has 2 bridgehead atoms. The molecule has 0 radical (unpaired) electrons. The maximum atomic E-state index is 13.7. The molecule has 13 heteroatoms. The van der Waals surface area contributed by atoms with Crippen LogP contribution in [0.25, 0.3) is 0 Å². The Balaban J connectivity index is 1.63. The molecule has 34 heavy (non-hydrogen) atoms. The van der Waals surface area contributed by atoms with E-state index in [1.165, 1.54) is 6.07 Å². The summed E-state index contributed by atoms with van der Waals surface area (Å²) in [5, 5.41) is 25.5. The minimum absolute atomic E-state index is 0.167. The first-order valence-corrected chi connectivity index (χ1v) is 10.6. The summed E-state index contributed by atoms with van der Waals surface area (Å²) in [6.07, 6.45) is -13.4. The van der Waals surface area contributed by atoms with Crippen molar-refractivity contribution >= 4 is 11.8 Å². The van der Waals surface area contributed by atoms with Crippen LogP contribution in [0, 0.1) is 5.21 Å². The van der Waals surface area contributed by atoms with Gasteiger partial charge in [-0.3, -0.25) is 4.79 Å². The van der Waals surface area contributed by atoms with Crippen LogP contribution in [0.1, 0.15) is 36.8 Å². The number of quaternary nitrogens is 1. The number of hydrogen-bond acceptors (Lipinski definition) is 6. The number of esters is 1. The third kappa shape index (κ3) is 3.02. The van der Waals surface area contributed by atoms with Crippen LogP contribution in [0.2, 0.25) is 0 Å². The van der Waals surface area contributed by atoms with Gasteiger partial charge >= 0.3 is 18.3 Å². The SMILES string of the molecule is O=C1CC[C@@]2(O)[C@H]3Cc4ccc(OC(=O)C(F)(F)F)c5c4[C@@]2(CC[N+]3([O-])CCC(F)(F)F)C1O5. The Morgan fingerprint density at radius 3 is 2.59 bits per heavy atom.